The molecular weight excluding hydrogens is 384 g/mol. The standard InChI is InChI=1S/C18H23BrN4S/c1-20-18(22-11-15-7-9-24-13-15)21-10-14-6-8-23(12-14)17-4-2-16(19)3-5-17/h2-5,7,9,13-14H,6,8,10-12H2,1H3,(H2,20,21,22). The lowest BCUT2D eigenvalue weighted by Gasteiger charge is -2.19. The first kappa shape index (κ1) is 17.3. The molecule has 1 aromatic carbocycles. The number of nitrogens with one attached hydrogen (secondary N) is 2. The predicted octanol–water partition coefficient (Wildman–Crippen LogP) is 3.70. The number of hydrogen-bond acceptors (Lipinski definition) is 3. The zero-order valence-corrected chi connectivity index (χ0v) is 16.2. The highest BCUT2D eigenvalue weighted by molar-refractivity contribution is 9.10. The van der Waals surface area contributed by atoms with Gasteiger partial charge in [0.15, 0.2) is 5.96 Å². The van der Waals surface area contributed by atoms with E-state index >= 15 is 0 Å². The van der Waals surface area contributed by atoms with Crippen LogP contribution >= 0.6 is 27.3 Å². The maximum Gasteiger partial charge on any atom is 0.191 e. The fourth-order valence-electron chi connectivity index (χ4n) is 2.93. The Kier molecular flexibility index (Phi) is 6.15. The van der Waals surface area contributed by atoms with E-state index in [2.05, 4.69) is 77.5 Å². The maximum absolute atomic E-state index is 4.31. The Hall–Kier alpha value is -1.53. The molecule has 0 amide bonds. The average Bonchev–Trinajstić information content (AvgIpc) is 3.27. The van der Waals surface area contributed by atoms with Gasteiger partial charge in [-0.05, 0) is 59.0 Å². The van der Waals surface area contributed by atoms with Crippen molar-refractivity contribution < 1.29 is 0 Å². The summed E-state index contributed by atoms with van der Waals surface area (Å²) in [5, 5.41) is 11.1. The third-order valence-corrected chi connectivity index (χ3v) is 5.56. The number of guanidine groups is 1. The molecule has 0 bridgehead atoms. The van der Waals surface area contributed by atoms with Gasteiger partial charge in [-0.25, -0.2) is 0 Å². The van der Waals surface area contributed by atoms with Crippen LogP contribution in [0.1, 0.15) is 12.0 Å². The summed E-state index contributed by atoms with van der Waals surface area (Å²) in [7, 11) is 1.83. The molecule has 2 heterocycles. The molecule has 1 aromatic heterocycles. The topological polar surface area (TPSA) is 39.7 Å². The molecule has 1 unspecified atom stereocenters. The lowest BCUT2D eigenvalue weighted by Crippen LogP contribution is -2.39. The Bertz CT molecular complexity index is 654. The van der Waals surface area contributed by atoms with E-state index in [-0.39, 0.29) is 0 Å². The molecule has 3 rings (SSSR count). The molecule has 4 nitrogen and oxygen atoms in total. The number of halogens is 1. The number of anilines is 1. The van der Waals surface area contributed by atoms with Crippen LogP contribution in [-0.2, 0) is 6.54 Å². The Morgan fingerprint density at radius 3 is 2.83 bits per heavy atom. The van der Waals surface area contributed by atoms with Crippen molar-refractivity contribution in [1.29, 1.82) is 0 Å². The summed E-state index contributed by atoms with van der Waals surface area (Å²) in [6, 6.07) is 10.7. The number of benzene rings is 1. The molecule has 128 valence electrons. The lowest BCUT2D eigenvalue weighted by atomic mass is 10.1. The molecule has 24 heavy (non-hydrogen) atoms. The molecular formula is C18H23BrN4S. The first-order chi connectivity index (χ1) is 11.7. The van der Waals surface area contributed by atoms with Gasteiger partial charge in [0.25, 0.3) is 0 Å². The summed E-state index contributed by atoms with van der Waals surface area (Å²) < 4.78 is 1.13. The Balaban J connectivity index is 1.44. The number of aliphatic imine (C=N–C) groups is 1. The number of thiophene rings is 1. The molecule has 1 aliphatic heterocycles. The first-order valence-electron chi connectivity index (χ1n) is 8.20. The highest BCUT2D eigenvalue weighted by Crippen LogP contribution is 2.24. The van der Waals surface area contributed by atoms with Gasteiger partial charge >= 0.3 is 0 Å². The molecule has 1 atom stereocenters. The van der Waals surface area contributed by atoms with E-state index in [1.807, 2.05) is 7.05 Å². The van der Waals surface area contributed by atoms with Gasteiger partial charge in [0.1, 0.15) is 0 Å². The van der Waals surface area contributed by atoms with Crippen LogP contribution in [0.3, 0.4) is 0 Å². The molecule has 0 spiro atoms. The summed E-state index contributed by atoms with van der Waals surface area (Å²) in [5.41, 5.74) is 2.60. The fourth-order valence-corrected chi connectivity index (χ4v) is 3.86. The van der Waals surface area contributed by atoms with E-state index in [1.54, 1.807) is 11.3 Å². The number of nitrogens with zero attached hydrogens (tertiary/aromatic N) is 2. The van der Waals surface area contributed by atoms with Crippen molar-refractivity contribution in [2.24, 2.45) is 10.9 Å². The highest BCUT2D eigenvalue weighted by atomic mass is 79.9. The normalized spacial score (nSPS) is 18.0. The minimum atomic E-state index is 0.647. The Morgan fingerprint density at radius 1 is 1.29 bits per heavy atom. The van der Waals surface area contributed by atoms with Crippen LogP contribution in [-0.4, -0.2) is 32.6 Å². The first-order valence-corrected chi connectivity index (χ1v) is 9.94. The van der Waals surface area contributed by atoms with Crippen molar-refractivity contribution in [3.8, 4) is 0 Å². The molecule has 0 saturated carbocycles. The molecule has 1 saturated heterocycles. The minimum absolute atomic E-state index is 0.647. The van der Waals surface area contributed by atoms with Crippen LogP contribution < -0.4 is 15.5 Å². The molecule has 0 aliphatic carbocycles. The van der Waals surface area contributed by atoms with E-state index in [0.29, 0.717) is 5.92 Å². The van der Waals surface area contributed by atoms with Gasteiger partial charge in [-0.1, -0.05) is 15.9 Å². The van der Waals surface area contributed by atoms with Gasteiger partial charge in [0.05, 0.1) is 0 Å². The monoisotopic (exact) mass is 406 g/mol. The van der Waals surface area contributed by atoms with Crippen LogP contribution in [0.5, 0.6) is 0 Å². The number of hydrogen-bond donors (Lipinski definition) is 2. The second-order valence-corrected chi connectivity index (χ2v) is 7.71. The van der Waals surface area contributed by atoms with E-state index in [0.717, 1.165) is 36.6 Å². The van der Waals surface area contributed by atoms with E-state index < -0.39 is 0 Å². The second kappa shape index (κ2) is 8.53. The van der Waals surface area contributed by atoms with E-state index in [4.69, 9.17) is 0 Å². The van der Waals surface area contributed by atoms with Crippen molar-refractivity contribution >= 4 is 38.9 Å². The van der Waals surface area contributed by atoms with Crippen LogP contribution in [0, 0.1) is 5.92 Å². The molecule has 2 aromatic rings. The van der Waals surface area contributed by atoms with E-state index in [9.17, 15) is 0 Å². The number of rotatable bonds is 5. The van der Waals surface area contributed by atoms with Gasteiger partial charge in [0, 0.05) is 43.4 Å². The van der Waals surface area contributed by atoms with Crippen LogP contribution in [0.4, 0.5) is 5.69 Å². The molecule has 1 fully saturated rings. The Labute approximate surface area is 156 Å². The zero-order valence-electron chi connectivity index (χ0n) is 13.8. The van der Waals surface area contributed by atoms with Crippen LogP contribution in [0.15, 0.2) is 50.6 Å². The highest BCUT2D eigenvalue weighted by Gasteiger charge is 2.22. The average molecular weight is 407 g/mol. The molecule has 1 aliphatic rings. The van der Waals surface area contributed by atoms with Crippen molar-refractivity contribution in [3.63, 3.8) is 0 Å². The largest absolute Gasteiger partial charge is 0.371 e. The van der Waals surface area contributed by atoms with Gasteiger partial charge in [-0.15, -0.1) is 0 Å². The van der Waals surface area contributed by atoms with Crippen LogP contribution in [0.2, 0.25) is 0 Å². The van der Waals surface area contributed by atoms with Gasteiger partial charge in [-0.3, -0.25) is 4.99 Å². The fraction of sp³-hybridized carbons (Fsp3) is 0.389. The third kappa shape index (κ3) is 4.74. The van der Waals surface area contributed by atoms with Crippen molar-refractivity contribution in [2.75, 3.05) is 31.6 Å². The molecule has 2 N–H and O–H groups in total. The molecule has 6 heteroatoms. The van der Waals surface area contributed by atoms with Crippen molar-refractivity contribution in [1.82, 2.24) is 10.6 Å². The SMILES string of the molecule is CN=C(NCc1ccsc1)NCC1CCN(c2ccc(Br)cc2)C1. The second-order valence-electron chi connectivity index (χ2n) is 6.02. The smallest absolute Gasteiger partial charge is 0.191 e. The molecule has 0 radical (unpaired) electrons. The maximum atomic E-state index is 4.31. The quantitative estimate of drug-likeness (QED) is 0.587. The van der Waals surface area contributed by atoms with Crippen molar-refractivity contribution in [2.45, 2.75) is 13.0 Å². The summed E-state index contributed by atoms with van der Waals surface area (Å²) in [6.07, 6.45) is 1.21. The zero-order chi connectivity index (χ0) is 16.8. The Morgan fingerprint density at radius 2 is 2.12 bits per heavy atom. The summed E-state index contributed by atoms with van der Waals surface area (Å²) in [4.78, 5) is 6.77. The van der Waals surface area contributed by atoms with Gasteiger partial charge in [-0.2, -0.15) is 11.3 Å². The minimum Gasteiger partial charge on any atom is -0.371 e. The van der Waals surface area contributed by atoms with Crippen LogP contribution in [0.25, 0.3) is 0 Å². The van der Waals surface area contributed by atoms with Gasteiger partial charge < -0.3 is 15.5 Å². The third-order valence-electron chi connectivity index (χ3n) is 4.30. The summed E-state index contributed by atoms with van der Waals surface area (Å²) in [5.74, 6) is 1.52. The predicted molar refractivity (Wildman–Crippen MR) is 107 cm³/mol. The van der Waals surface area contributed by atoms with Gasteiger partial charge in [0.2, 0.25) is 0 Å². The lowest BCUT2D eigenvalue weighted by molar-refractivity contribution is 0.565. The van der Waals surface area contributed by atoms with E-state index in [1.165, 1.54) is 17.7 Å². The summed E-state index contributed by atoms with van der Waals surface area (Å²) >= 11 is 5.22. The summed E-state index contributed by atoms with van der Waals surface area (Å²) in [6.45, 7) is 3.99. The van der Waals surface area contributed by atoms with Crippen molar-refractivity contribution in [3.05, 3.63) is 51.1 Å².